The quantitative estimate of drug-likeness (QED) is 0.162. The molecule has 0 saturated carbocycles. The van der Waals surface area contributed by atoms with Gasteiger partial charge in [0.05, 0.1) is 0 Å². The molecule has 0 aromatic carbocycles. The van der Waals surface area contributed by atoms with Gasteiger partial charge in [-0.15, -0.1) is 0 Å². The van der Waals surface area contributed by atoms with Crippen LogP contribution in [0.2, 0.25) is 0 Å². The average Bonchev–Trinajstić information content (AvgIpc) is 2.34. The van der Waals surface area contributed by atoms with Gasteiger partial charge in [-0.1, -0.05) is 11.2 Å². The maximum absolute atomic E-state index is 8.33. The molecule has 1 fully saturated rings. The second-order valence-corrected chi connectivity index (χ2v) is 2.47. The molecule has 0 aromatic heterocycles. The van der Waals surface area contributed by atoms with Crippen molar-refractivity contribution < 1.29 is 63.4 Å². The Morgan fingerprint density at radius 3 is 2.82 bits per heavy atom. The molecule has 11 heavy (non-hydrogen) atoms. The van der Waals surface area contributed by atoms with Gasteiger partial charge in [0.15, 0.2) is 0 Å². The summed E-state index contributed by atoms with van der Waals surface area (Å²) in [7, 11) is 1.95. The van der Waals surface area contributed by atoms with Crippen LogP contribution in [0.1, 0.15) is 6.42 Å². The van der Waals surface area contributed by atoms with Crippen molar-refractivity contribution in [2.45, 2.75) is 12.5 Å². The molecule has 3 N–H and O–H groups in total. The standard InChI is InChI=1S/C6H12N3O.Rb/c1-9-4-2-3-5(9)6(7)8-10;/h3,5,10H,2,4H2,1H3,(H2,7,8);/q-1;+1. The van der Waals surface area contributed by atoms with Crippen molar-refractivity contribution in [3.63, 3.8) is 0 Å². The van der Waals surface area contributed by atoms with Crippen LogP contribution in [0, 0.1) is 6.42 Å². The molecule has 0 spiro atoms. The number of amidine groups is 1. The first kappa shape index (κ1) is 12.0. The summed E-state index contributed by atoms with van der Waals surface area (Å²) in [6.07, 6.45) is 3.05. The molecular weight excluding hydrogens is 216 g/mol. The van der Waals surface area contributed by atoms with Gasteiger partial charge in [-0.3, -0.25) is 0 Å². The van der Waals surface area contributed by atoms with Gasteiger partial charge in [-0.2, -0.15) is 6.42 Å². The molecule has 1 aliphatic heterocycles. The topological polar surface area (TPSA) is 61.8 Å². The van der Waals surface area contributed by atoms with E-state index in [-0.39, 0.29) is 70.1 Å². The zero-order valence-corrected chi connectivity index (χ0v) is 11.9. The second-order valence-electron chi connectivity index (χ2n) is 2.47. The number of rotatable bonds is 1. The molecule has 1 rings (SSSR count). The van der Waals surface area contributed by atoms with Crippen LogP contribution in [0.4, 0.5) is 0 Å². The number of likely N-dealkylation sites (N-methyl/N-ethyl adjacent to an activating group) is 1. The van der Waals surface area contributed by atoms with Crippen LogP contribution in [0.25, 0.3) is 0 Å². The molecule has 0 amide bonds. The van der Waals surface area contributed by atoms with Gasteiger partial charge in [0.25, 0.3) is 0 Å². The first-order valence-electron chi connectivity index (χ1n) is 3.26. The van der Waals surface area contributed by atoms with Crippen LogP contribution < -0.4 is 63.9 Å². The molecule has 0 aromatic rings. The molecule has 1 unspecified atom stereocenters. The third-order valence-corrected chi connectivity index (χ3v) is 1.77. The van der Waals surface area contributed by atoms with Crippen LogP contribution in [0.5, 0.6) is 0 Å². The molecule has 1 atom stereocenters. The Morgan fingerprint density at radius 1 is 1.82 bits per heavy atom. The predicted octanol–water partition coefficient (Wildman–Crippen LogP) is -3.35. The van der Waals surface area contributed by atoms with Crippen LogP contribution in [0.15, 0.2) is 5.16 Å². The molecule has 0 radical (unpaired) electrons. The minimum Gasteiger partial charge on any atom is -0.409 e. The van der Waals surface area contributed by atoms with E-state index in [1.807, 2.05) is 18.4 Å². The number of nitrogens with two attached hydrogens (primary N) is 1. The maximum atomic E-state index is 8.33. The summed E-state index contributed by atoms with van der Waals surface area (Å²) in [5.74, 6) is 0.278. The van der Waals surface area contributed by atoms with Crippen molar-refractivity contribution in [2.24, 2.45) is 10.9 Å². The van der Waals surface area contributed by atoms with Gasteiger partial charge in [-0.05, 0) is 13.6 Å². The molecule has 1 heterocycles. The monoisotopic (exact) mass is 227 g/mol. The van der Waals surface area contributed by atoms with Gasteiger partial charge in [0, 0.05) is 0 Å². The molecule has 1 saturated heterocycles. The van der Waals surface area contributed by atoms with E-state index >= 15 is 0 Å². The first-order valence-corrected chi connectivity index (χ1v) is 3.26. The minimum atomic E-state index is 0. The fourth-order valence-electron chi connectivity index (χ4n) is 1.16. The summed E-state index contributed by atoms with van der Waals surface area (Å²) in [4.78, 5) is 2.04. The number of oxime groups is 1. The average molecular weight is 228 g/mol. The van der Waals surface area contributed by atoms with E-state index in [2.05, 4.69) is 5.16 Å². The normalized spacial score (nSPS) is 26.6. The van der Waals surface area contributed by atoms with E-state index in [1.54, 1.807) is 0 Å². The van der Waals surface area contributed by atoms with E-state index in [0.29, 0.717) is 0 Å². The number of likely N-dealkylation sites (tertiary alicyclic amines) is 1. The molecule has 5 heteroatoms. The summed E-state index contributed by atoms with van der Waals surface area (Å²) in [6.45, 7) is 0.987. The van der Waals surface area contributed by atoms with Gasteiger partial charge in [0.2, 0.25) is 0 Å². The third kappa shape index (κ3) is 3.10. The smallest absolute Gasteiger partial charge is 0.409 e. The van der Waals surface area contributed by atoms with Gasteiger partial charge >= 0.3 is 58.2 Å². The van der Waals surface area contributed by atoms with Crippen LogP contribution in [-0.4, -0.2) is 35.6 Å². The van der Waals surface area contributed by atoms with E-state index < -0.39 is 0 Å². The SMILES string of the molecule is CN1CC[CH-]C1/C(N)=N/O.[Rb+]. The van der Waals surface area contributed by atoms with Gasteiger partial charge in [-0.25, -0.2) is 0 Å². The first-order chi connectivity index (χ1) is 4.75. The Hall–Kier alpha value is 1.04. The van der Waals surface area contributed by atoms with Crippen molar-refractivity contribution in [1.29, 1.82) is 0 Å². The van der Waals surface area contributed by atoms with Gasteiger partial charge < -0.3 is 22.3 Å². The van der Waals surface area contributed by atoms with Crippen LogP contribution >= 0.6 is 0 Å². The Bertz CT molecular complexity index is 151. The van der Waals surface area contributed by atoms with Crippen LogP contribution in [-0.2, 0) is 0 Å². The van der Waals surface area contributed by atoms with E-state index in [1.165, 1.54) is 0 Å². The molecular formula is C6H12N3ORb. The maximum Gasteiger partial charge on any atom is 1.00 e. The number of hydrogen-bond acceptors (Lipinski definition) is 3. The van der Waals surface area contributed by atoms with Crippen molar-refractivity contribution in [3.05, 3.63) is 6.42 Å². The number of nitrogens with zero attached hydrogens (tertiary/aromatic N) is 2. The Balaban J connectivity index is 0.000001000. The molecule has 1 aliphatic rings. The summed E-state index contributed by atoms with van der Waals surface area (Å²) in [5, 5.41) is 11.3. The zero-order valence-electron chi connectivity index (χ0n) is 6.99. The number of hydrogen-bond donors (Lipinski definition) is 2. The predicted molar refractivity (Wildman–Crippen MR) is 38.7 cm³/mol. The molecule has 58 valence electrons. The Kier molecular flexibility index (Phi) is 6.17. The largest absolute Gasteiger partial charge is 1.00 e. The molecule has 0 bridgehead atoms. The fraction of sp³-hybridized carbons (Fsp3) is 0.667. The van der Waals surface area contributed by atoms with Crippen molar-refractivity contribution in [3.8, 4) is 0 Å². The summed E-state index contributed by atoms with van der Waals surface area (Å²) < 4.78 is 0. The summed E-state index contributed by atoms with van der Waals surface area (Å²) in [6, 6.07) is 0.0324. The van der Waals surface area contributed by atoms with Crippen molar-refractivity contribution >= 4 is 5.84 Å². The van der Waals surface area contributed by atoms with E-state index in [9.17, 15) is 0 Å². The molecule has 4 nitrogen and oxygen atoms in total. The van der Waals surface area contributed by atoms with Crippen molar-refractivity contribution in [2.75, 3.05) is 13.6 Å². The van der Waals surface area contributed by atoms with Crippen molar-refractivity contribution in [1.82, 2.24) is 4.90 Å². The van der Waals surface area contributed by atoms with E-state index in [4.69, 9.17) is 10.9 Å². The minimum absolute atomic E-state index is 0. The third-order valence-electron chi connectivity index (χ3n) is 1.77. The second kappa shape index (κ2) is 5.64. The van der Waals surface area contributed by atoms with Gasteiger partial charge in [0.1, 0.15) is 5.84 Å². The van der Waals surface area contributed by atoms with Crippen LogP contribution in [0.3, 0.4) is 0 Å². The Labute approximate surface area is 116 Å². The summed E-state index contributed by atoms with van der Waals surface area (Å²) >= 11 is 0. The van der Waals surface area contributed by atoms with E-state index in [0.717, 1.165) is 13.0 Å². The fourth-order valence-corrected chi connectivity index (χ4v) is 1.16. The Morgan fingerprint density at radius 2 is 2.45 bits per heavy atom. The summed E-state index contributed by atoms with van der Waals surface area (Å²) in [5.41, 5.74) is 5.40. The molecule has 0 aliphatic carbocycles. The zero-order chi connectivity index (χ0) is 7.56.